The topological polar surface area (TPSA) is 51.4 Å². The van der Waals surface area contributed by atoms with Crippen LogP contribution < -0.4 is 5.43 Å². The molecule has 0 aromatic heterocycles. The first-order valence-corrected chi connectivity index (χ1v) is 10.4. The van der Waals surface area contributed by atoms with Gasteiger partial charge in [-0.2, -0.15) is 5.26 Å². The number of nitrogens with one attached hydrogen (secondary N) is 1. The summed E-state index contributed by atoms with van der Waals surface area (Å²) in [5.74, 6) is -0.142. The Morgan fingerprint density at radius 1 is 1.33 bits per heavy atom. The van der Waals surface area contributed by atoms with E-state index in [2.05, 4.69) is 53.8 Å². The smallest absolute Gasteiger partial charge is 0.154 e. The third kappa shape index (κ3) is 3.64. The molecule has 0 radical (unpaired) electrons. The molecule has 2 aliphatic heterocycles. The third-order valence-corrected chi connectivity index (χ3v) is 6.10. The predicted molar refractivity (Wildman–Crippen MR) is 103 cm³/mol. The van der Waals surface area contributed by atoms with Gasteiger partial charge in [-0.15, -0.1) is 11.8 Å². The highest BCUT2D eigenvalue weighted by Gasteiger charge is 2.44. The maximum Gasteiger partial charge on any atom is 0.154 e. The number of thioether (sulfide) groups is 2. The molecule has 3 unspecified atom stereocenters. The summed E-state index contributed by atoms with van der Waals surface area (Å²) in [6.07, 6.45) is 7.33. The van der Waals surface area contributed by atoms with E-state index in [9.17, 15) is 5.26 Å². The molecule has 0 amide bonds. The standard InChI is InChI=1S/C18H22N4S2/c1-3-4-8-13-11-16(24-14-9-6-5-7-10-14)22-17(20-13)15(12-19)18(21-22)23-2/h5-7,9-11,15,17-18,21H,3-4,8H2,1-2H3. The second-order valence-corrected chi connectivity index (χ2v) is 7.92. The van der Waals surface area contributed by atoms with E-state index in [4.69, 9.17) is 4.99 Å². The Morgan fingerprint density at radius 3 is 2.79 bits per heavy atom. The first-order valence-electron chi connectivity index (χ1n) is 8.26. The summed E-state index contributed by atoms with van der Waals surface area (Å²) in [7, 11) is 0. The second kappa shape index (κ2) is 8.11. The van der Waals surface area contributed by atoms with Crippen LogP contribution in [0.4, 0.5) is 0 Å². The molecular weight excluding hydrogens is 336 g/mol. The first-order chi connectivity index (χ1) is 11.8. The van der Waals surface area contributed by atoms with Crippen LogP contribution in [0.1, 0.15) is 26.2 Å². The van der Waals surface area contributed by atoms with Gasteiger partial charge in [0, 0.05) is 10.6 Å². The van der Waals surface area contributed by atoms with Gasteiger partial charge < -0.3 is 0 Å². The van der Waals surface area contributed by atoms with Gasteiger partial charge in [0.15, 0.2) is 6.17 Å². The van der Waals surface area contributed by atoms with Crippen molar-refractivity contribution in [3.8, 4) is 6.07 Å². The number of allylic oxidation sites excluding steroid dienone is 1. The number of rotatable bonds is 6. The predicted octanol–water partition coefficient (Wildman–Crippen LogP) is 4.24. The Hall–Kier alpha value is -1.42. The maximum atomic E-state index is 9.62. The molecule has 1 aromatic carbocycles. The van der Waals surface area contributed by atoms with Crippen molar-refractivity contribution < 1.29 is 0 Å². The van der Waals surface area contributed by atoms with E-state index in [-0.39, 0.29) is 17.5 Å². The fraction of sp³-hybridized carbons (Fsp3) is 0.444. The molecule has 2 aliphatic rings. The lowest BCUT2D eigenvalue weighted by Crippen LogP contribution is -2.39. The van der Waals surface area contributed by atoms with Crippen LogP contribution in [0, 0.1) is 17.2 Å². The van der Waals surface area contributed by atoms with Gasteiger partial charge >= 0.3 is 0 Å². The second-order valence-electron chi connectivity index (χ2n) is 5.85. The lowest BCUT2D eigenvalue weighted by molar-refractivity contribution is 0.258. The Morgan fingerprint density at radius 2 is 2.12 bits per heavy atom. The number of hydrogen-bond acceptors (Lipinski definition) is 6. The van der Waals surface area contributed by atoms with Crippen molar-refractivity contribution in [2.75, 3.05) is 6.26 Å². The highest BCUT2D eigenvalue weighted by molar-refractivity contribution is 8.03. The molecule has 24 heavy (non-hydrogen) atoms. The molecule has 4 nitrogen and oxygen atoms in total. The van der Waals surface area contributed by atoms with Crippen LogP contribution in [0.3, 0.4) is 0 Å². The van der Waals surface area contributed by atoms with Crippen LogP contribution in [0.2, 0.25) is 0 Å². The average molecular weight is 359 g/mol. The fourth-order valence-electron chi connectivity index (χ4n) is 2.88. The Bertz CT molecular complexity index is 665. The summed E-state index contributed by atoms with van der Waals surface area (Å²) in [6.45, 7) is 2.19. The number of nitrogens with zero attached hydrogens (tertiary/aromatic N) is 3. The van der Waals surface area contributed by atoms with Gasteiger partial charge in [-0.3, -0.25) is 10.0 Å². The number of benzene rings is 1. The van der Waals surface area contributed by atoms with Gasteiger partial charge in [0.1, 0.15) is 5.92 Å². The summed E-state index contributed by atoms with van der Waals surface area (Å²) in [5, 5.41) is 12.9. The summed E-state index contributed by atoms with van der Waals surface area (Å²) in [6, 6.07) is 12.8. The molecule has 1 aromatic rings. The van der Waals surface area contributed by atoms with E-state index in [0.29, 0.717) is 0 Å². The molecular formula is C18H22N4S2. The molecule has 0 aliphatic carbocycles. The van der Waals surface area contributed by atoms with Crippen molar-refractivity contribution >= 4 is 29.2 Å². The zero-order valence-corrected chi connectivity index (χ0v) is 15.6. The van der Waals surface area contributed by atoms with Gasteiger partial charge in [-0.05, 0) is 37.3 Å². The van der Waals surface area contributed by atoms with Crippen molar-refractivity contribution in [2.24, 2.45) is 10.9 Å². The molecule has 2 heterocycles. The normalized spacial score (nSPS) is 25.7. The van der Waals surface area contributed by atoms with Crippen LogP contribution >= 0.6 is 23.5 Å². The Labute approximate surface area is 152 Å². The van der Waals surface area contributed by atoms with Crippen LogP contribution in [0.25, 0.3) is 0 Å². The first kappa shape index (κ1) is 17.4. The summed E-state index contributed by atoms with van der Waals surface area (Å²) in [5.41, 5.74) is 4.58. The molecule has 0 saturated carbocycles. The van der Waals surface area contributed by atoms with Crippen molar-refractivity contribution in [3.63, 3.8) is 0 Å². The lowest BCUT2D eigenvalue weighted by Gasteiger charge is -2.30. The number of hydrogen-bond donors (Lipinski definition) is 1. The van der Waals surface area contributed by atoms with Crippen LogP contribution in [0.5, 0.6) is 0 Å². The summed E-state index contributed by atoms with van der Waals surface area (Å²) in [4.78, 5) is 6.07. The zero-order valence-electron chi connectivity index (χ0n) is 14.0. The zero-order chi connectivity index (χ0) is 16.9. The largest absolute Gasteiger partial charge is 0.275 e. The van der Waals surface area contributed by atoms with E-state index >= 15 is 0 Å². The number of aliphatic imine (C=N–C) groups is 1. The average Bonchev–Trinajstić information content (AvgIpc) is 2.98. The monoisotopic (exact) mass is 358 g/mol. The molecule has 1 saturated heterocycles. The Kier molecular flexibility index (Phi) is 5.88. The van der Waals surface area contributed by atoms with Gasteiger partial charge in [0.2, 0.25) is 0 Å². The van der Waals surface area contributed by atoms with Crippen LogP contribution in [0.15, 0.2) is 51.3 Å². The van der Waals surface area contributed by atoms with Crippen molar-refractivity contribution in [3.05, 3.63) is 41.4 Å². The van der Waals surface area contributed by atoms with Crippen LogP contribution in [-0.2, 0) is 0 Å². The SMILES string of the molecule is CCCCC1=NC2C(C#N)C(SC)NN2C(Sc2ccccc2)=C1. The van der Waals surface area contributed by atoms with E-state index < -0.39 is 0 Å². The van der Waals surface area contributed by atoms with Gasteiger partial charge in [-0.25, -0.2) is 5.43 Å². The summed E-state index contributed by atoms with van der Waals surface area (Å²) >= 11 is 3.41. The van der Waals surface area contributed by atoms with Crippen molar-refractivity contribution in [1.82, 2.24) is 10.4 Å². The maximum absolute atomic E-state index is 9.62. The lowest BCUT2D eigenvalue weighted by atomic mass is 10.1. The minimum atomic E-state index is -0.142. The quantitative estimate of drug-likeness (QED) is 0.824. The van der Waals surface area contributed by atoms with Gasteiger partial charge in [-0.1, -0.05) is 43.3 Å². The van der Waals surface area contributed by atoms with E-state index in [0.717, 1.165) is 30.0 Å². The minimum Gasteiger partial charge on any atom is -0.275 e. The van der Waals surface area contributed by atoms with E-state index in [1.807, 2.05) is 12.3 Å². The molecule has 126 valence electrons. The number of nitriles is 1. The van der Waals surface area contributed by atoms with Crippen LogP contribution in [-0.4, -0.2) is 28.5 Å². The summed E-state index contributed by atoms with van der Waals surface area (Å²) < 4.78 is 0. The molecule has 1 fully saturated rings. The van der Waals surface area contributed by atoms with E-state index in [1.54, 1.807) is 23.5 Å². The van der Waals surface area contributed by atoms with Gasteiger partial charge in [0.25, 0.3) is 0 Å². The Balaban J connectivity index is 1.89. The van der Waals surface area contributed by atoms with Crippen molar-refractivity contribution in [2.45, 2.75) is 42.6 Å². The molecule has 3 atom stereocenters. The minimum absolute atomic E-state index is 0.0778. The molecule has 1 N–H and O–H groups in total. The third-order valence-electron chi connectivity index (χ3n) is 4.16. The van der Waals surface area contributed by atoms with E-state index in [1.165, 1.54) is 4.90 Å². The number of fused-ring (bicyclic) bond motifs is 1. The number of unbranched alkanes of at least 4 members (excludes halogenated alkanes) is 1. The molecule has 6 heteroatoms. The fourth-order valence-corrected chi connectivity index (χ4v) is 4.58. The molecule has 0 spiro atoms. The molecule has 0 bridgehead atoms. The molecule has 3 rings (SSSR count). The van der Waals surface area contributed by atoms with Gasteiger partial charge in [0.05, 0.1) is 16.5 Å². The number of hydrazine groups is 1. The highest BCUT2D eigenvalue weighted by atomic mass is 32.2. The van der Waals surface area contributed by atoms with Crippen molar-refractivity contribution in [1.29, 1.82) is 5.26 Å². The highest BCUT2D eigenvalue weighted by Crippen LogP contribution is 2.39.